The lowest BCUT2D eigenvalue weighted by Crippen LogP contribution is -3.00. The molecule has 3 aromatic carbocycles. The average molecular weight is 740 g/mol. The van der Waals surface area contributed by atoms with E-state index in [0.29, 0.717) is 36.8 Å². The minimum atomic E-state index is -0.919. The van der Waals surface area contributed by atoms with E-state index < -0.39 is 11.7 Å². The summed E-state index contributed by atoms with van der Waals surface area (Å²) in [6.45, 7) is 7.55. The molecule has 49 heavy (non-hydrogen) atoms. The van der Waals surface area contributed by atoms with Gasteiger partial charge in [-0.25, -0.2) is 0 Å². The van der Waals surface area contributed by atoms with E-state index in [1.807, 2.05) is 30.3 Å². The number of piperidine rings is 3. The molecular weight excluding hydrogens is 684 g/mol. The van der Waals surface area contributed by atoms with Crippen LogP contribution in [-0.4, -0.2) is 83.0 Å². The van der Waals surface area contributed by atoms with Gasteiger partial charge in [-0.05, 0) is 73.1 Å². The van der Waals surface area contributed by atoms with Crippen molar-refractivity contribution in [2.75, 3.05) is 45.9 Å². The van der Waals surface area contributed by atoms with E-state index in [2.05, 4.69) is 36.5 Å². The van der Waals surface area contributed by atoms with Crippen molar-refractivity contribution in [2.24, 2.45) is 11.8 Å². The maximum absolute atomic E-state index is 12.0. The summed E-state index contributed by atoms with van der Waals surface area (Å²) in [7, 11) is 0. The van der Waals surface area contributed by atoms with Crippen molar-refractivity contribution in [3.8, 4) is 11.5 Å². The van der Waals surface area contributed by atoms with Crippen molar-refractivity contribution >= 4 is 0 Å². The number of quaternary nitrogens is 1. The molecule has 4 atom stereocenters. The Bertz CT molecular complexity index is 1440. The monoisotopic (exact) mass is 738 g/mol. The highest BCUT2D eigenvalue weighted by atomic mass is 79.9. The first kappa shape index (κ1) is 37.7. The van der Waals surface area contributed by atoms with E-state index in [0.717, 1.165) is 48.1 Å². The molecule has 3 aliphatic heterocycles. The Morgan fingerprint density at radius 2 is 1.67 bits per heavy atom. The average Bonchev–Trinajstić information content (AvgIpc) is 3.68. The lowest BCUT2D eigenvalue weighted by molar-refractivity contribution is -0.946. The van der Waals surface area contributed by atoms with Crippen LogP contribution in [0.15, 0.2) is 72.8 Å². The lowest BCUT2D eigenvalue weighted by atomic mass is 9.80. The molecule has 2 bridgehead atoms. The third kappa shape index (κ3) is 9.25. The number of nitrogens with one attached hydrogen (secondary N) is 1. The minimum Gasteiger partial charge on any atom is -1.00 e. The zero-order valence-electron chi connectivity index (χ0n) is 28.9. The molecule has 0 aromatic heterocycles. The fraction of sp³-hybridized carbons (Fsp3) is 0.550. The fourth-order valence-corrected chi connectivity index (χ4v) is 8.40. The molecule has 1 aliphatic carbocycles. The maximum atomic E-state index is 12.0. The highest BCUT2D eigenvalue weighted by Gasteiger charge is 2.48. The third-order valence-electron chi connectivity index (χ3n) is 11.5. The number of aromatic hydroxyl groups is 1. The molecule has 4 aliphatic rings. The third-order valence-corrected chi connectivity index (χ3v) is 11.5. The number of fused-ring (bicyclic) bond motifs is 3. The van der Waals surface area contributed by atoms with Crippen LogP contribution >= 0.6 is 0 Å². The van der Waals surface area contributed by atoms with Crippen LogP contribution in [0.4, 0.5) is 0 Å². The summed E-state index contributed by atoms with van der Waals surface area (Å²) in [6, 6.07) is 23.5. The van der Waals surface area contributed by atoms with Gasteiger partial charge >= 0.3 is 0 Å². The zero-order valence-corrected chi connectivity index (χ0v) is 30.4. The number of aliphatic hydroxyl groups excluding tert-OH is 2. The fourth-order valence-electron chi connectivity index (χ4n) is 8.40. The van der Waals surface area contributed by atoms with E-state index in [1.54, 1.807) is 12.1 Å². The molecule has 3 aromatic rings. The Morgan fingerprint density at radius 1 is 0.959 bits per heavy atom. The number of rotatable bonds is 16. The number of nitrogens with zero attached hydrogens (tertiary/aromatic N) is 1. The largest absolute Gasteiger partial charge is 1.00 e. The van der Waals surface area contributed by atoms with Gasteiger partial charge in [-0.2, -0.15) is 0 Å². The van der Waals surface area contributed by atoms with Crippen molar-refractivity contribution in [3.05, 3.63) is 95.1 Å². The molecule has 268 valence electrons. The smallest absolute Gasteiger partial charge is 0.137 e. The number of halogens is 1. The first-order valence-corrected chi connectivity index (χ1v) is 18.1. The zero-order chi connectivity index (χ0) is 33.6. The highest BCUT2D eigenvalue weighted by molar-refractivity contribution is 5.36. The highest BCUT2D eigenvalue weighted by Crippen LogP contribution is 2.42. The molecule has 7 rings (SSSR count). The molecule has 8 nitrogen and oxygen atoms in total. The quantitative estimate of drug-likeness (QED) is 0.144. The van der Waals surface area contributed by atoms with E-state index in [9.17, 15) is 20.4 Å². The van der Waals surface area contributed by atoms with Gasteiger partial charge in [-0.3, -0.25) is 0 Å². The topological polar surface area (TPSA) is 111 Å². The summed E-state index contributed by atoms with van der Waals surface area (Å²) in [5, 5.41) is 45.2. The molecule has 9 heteroatoms. The van der Waals surface area contributed by atoms with Crippen LogP contribution in [-0.2, 0) is 23.4 Å². The van der Waals surface area contributed by atoms with Gasteiger partial charge in [0, 0.05) is 36.9 Å². The molecule has 0 spiro atoms. The van der Waals surface area contributed by atoms with Gasteiger partial charge in [0.25, 0.3) is 0 Å². The molecule has 1 saturated carbocycles. The predicted octanol–water partition coefficient (Wildman–Crippen LogP) is 2.23. The summed E-state index contributed by atoms with van der Waals surface area (Å²) in [5.41, 5.74) is 2.34. The SMILES string of the molecule is C[C@H](Cc1ccc(OCC[N+]23CCC(CC2)[C@@H](OC[C@@](O)(c2ccccc2)C2CCCC2)C3)cc1)NC[C@H](O)c1ccc(O)c(CO)c1.[Br-]. The van der Waals surface area contributed by atoms with Crippen LogP contribution in [0.3, 0.4) is 0 Å². The molecule has 0 amide bonds. The first-order valence-electron chi connectivity index (χ1n) is 18.1. The van der Waals surface area contributed by atoms with Gasteiger partial charge in [-0.1, -0.05) is 61.4 Å². The number of hydrogen-bond donors (Lipinski definition) is 5. The second-order valence-electron chi connectivity index (χ2n) is 14.7. The second-order valence-corrected chi connectivity index (χ2v) is 14.7. The van der Waals surface area contributed by atoms with Crippen LogP contribution in [0, 0.1) is 11.8 Å². The molecule has 0 unspecified atom stereocenters. The molecular formula is C40H55BrN2O6. The van der Waals surface area contributed by atoms with Crippen LogP contribution in [0.5, 0.6) is 11.5 Å². The molecule has 0 radical (unpaired) electrons. The van der Waals surface area contributed by atoms with Crippen molar-refractivity contribution in [1.29, 1.82) is 0 Å². The number of hydrogen-bond acceptors (Lipinski definition) is 7. The van der Waals surface area contributed by atoms with Crippen LogP contribution in [0.25, 0.3) is 0 Å². The summed E-state index contributed by atoms with van der Waals surface area (Å²) >= 11 is 0. The van der Waals surface area contributed by atoms with Crippen molar-refractivity contribution in [2.45, 2.75) is 82.3 Å². The van der Waals surface area contributed by atoms with Gasteiger partial charge in [0.15, 0.2) is 0 Å². The van der Waals surface area contributed by atoms with Gasteiger partial charge in [0.1, 0.15) is 42.9 Å². The van der Waals surface area contributed by atoms with E-state index >= 15 is 0 Å². The van der Waals surface area contributed by atoms with E-state index in [4.69, 9.17) is 9.47 Å². The molecule has 4 fully saturated rings. The normalized spacial score (nSPS) is 24.6. The molecule has 5 N–H and O–H groups in total. The lowest BCUT2D eigenvalue weighted by Gasteiger charge is -2.52. The van der Waals surface area contributed by atoms with Gasteiger partial charge < -0.3 is 56.7 Å². The van der Waals surface area contributed by atoms with Crippen LogP contribution in [0.2, 0.25) is 0 Å². The van der Waals surface area contributed by atoms with Gasteiger partial charge in [0.2, 0.25) is 0 Å². The number of ether oxygens (including phenoxy) is 2. The van der Waals surface area contributed by atoms with Crippen LogP contribution < -0.4 is 27.0 Å². The molecule has 3 heterocycles. The summed E-state index contributed by atoms with van der Waals surface area (Å²) in [6.07, 6.45) is 7.12. The second kappa shape index (κ2) is 17.1. The van der Waals surface area contributed by atoms with Crippen molar-refractivity contribution in [3.63, 3.8) is 0 Å². The van der Waals surface area contributed by atoms with Crippen molar-refractivity contribution in [1.82, 2.24) is 5.32 Å². The maximum Gasteiger partial charge on any atom is 0.137 e. The minimum absolute atomic E-state index is 0. The number of phenols is 1. The summed E-state index contributed by atoms with van der Waals surface area (Å²) in [4.78, 5) is 0. The number of benzene rings is 3. The Kier molecular flexibility index (Phi) is 13.2. The number of aliphatic hydroxyl groups is 3. The van der Waals surface area contributed by atoms with Crippen LogP contribution in [0.1, 0.15) is 73.8 Å². The van der Waals surface area contributed by atoms with Gasteiger partial charge in [-0.15, -0.1) is 0 Å². The Hall–Kier alpha value is -2.50. The van der Waals surface area contributed by atoms with E-state index in [-0.39, 0.29) is 47.4 Å². The molecule has 3 saturated heterocycles. The van der Waals surface area contributed by atoms with E-state index in [1.165, 1.54) is 50.4 Å². The Balaban J connectivity index is 0.00000468. The summed E-state index contributed by atoms with van der Waals surface area (Å²) in [5.74, 6) is 1.75. The van der Waals surface area contributed by atoms with Gasteiger partial charge in [0.05, 0.1) is 32.4 Å². The first-order chi connectivity index (χ1) is 23.3. The standard InChI is InChI=1S/C40H54N2O6.BrH/c1-29(41-25-38(45)32-13-16-37(44)33(24-32)27-43)23-30-11-14-36(15-12-30)47-22-21-42-19-17-31(18-20-42)39(26-42)48-28-40(46,35-9-5-6-10-35)34-7-3-2-4-8-34;/h2-4,7-8,11-16,24,29,31,35,38-39,41,43,45-46H,5-6,9-10,17-23,25-28H2,1H3;1H/t29-,31?,38+,39+,40-,42?;/m1./s1. The Labute approximate surface area is 302 Å². The summed E-state index contributed by atoms with van der Waals surface area (Å²) < 4.78 is 14.0. The Morgan fingerprint density at radius 3 is 2.37 bits per heavy atom. The van der Waals surface area contributed by atoms with Crippen molar-refractivity contribution < 1.29 is 51.4 Å². The predicted molar refractivity (Wildman–Crippen MR) is 187 cm³/mol.